The summed E-state index contributed by atoms with van der Waals surface area (Å²) in [6.07, 6.45) is -0.657. The van der Waals surface area contributed by atoms with Gasteiger partial charge in [-0.15, -0.1) is 0 Å². The monoisotopic (exact) mass is 297 g/mol. The molecule has 0 spiro atoms. The molecule has 0 aliphatic rings. The zero-order chi connectivity index (χ0) is 16.2. The number of benzene rings is 1. The molecule has 1 atom stereocenters. The van der Waals surface area contributed by atoms with E-state index in [9.17, 15) is 20.0 Å². The summed E-state index contributed by atoms with van der Waals surface area (Å²) in [5.41, 5.74) is 4.97. The number of alkyl carbamates (subject to hydrolysis) is 1. The molecule has 1 aromatic carbocycles. The molecule has 0 fully saturated rings. The highest BCUT2D eigenvalue weighted by Crippen LogP contribution is 2.28. The number of ether oxygens (including phenoxy) is 1. The fourth-order valence-corrected chi connectivity index (χ4v) is 1.64. The highest BCUT2D eigenvalue weighted by Gasteiger charge is 2.21. The van der Waals surface area contributed by atoms with Crippen LogP contribution >= 0.6 is 0 Å². The second kappa shape index (κ2) is 6.40. The first kappa shape index (κ1) is 16.7. The summed E-state index contributed by atoms with van der Waals surface area (Å²) in [5, 5.41) is 22.8. The normalized spacial score (nSPS) is 12.6. The van der Waals surface area contributed by atoms with Crippen molar-refractivity contribution in [3.05, 3.63) is 33.9 Å². The van der Waals surface area contributed by atoms with Gasteiger partial charge >= 0.3 is 11.8 Å². The lowest BCUT2D eigenvalue weighted by Gasteiger charge is -2.23. The molecule has 0 bridgehead atoms. The molecular weight excluding hydrogens is 278 g/mol. The minimum atomic E-state index is -0.697. The van der Waals surface area contributed by atoms with Gasteiger partial charge in [0.1, 0.15) is 5.60 Å². The minimum absolute atomic E-state index is 0.0521. The first-order chi connectivity index (χ1) is 9.64. The standard InChI is InChI=1S/C13H19N3O5/c1-13(2,3)21-12(18)15-9(7-14)8-4-5-10(16(19)20)11(17)6-8/h4-6,9,17H,7,14H2,1-3H3,(H,15,18). The van der Waals surface area contributed by atoms with Gasteiger partial charge in [-0.2, -0.15) is 0 Å². The highest BCUT2D eigenvalue weighted by molar-refractivity contribution is 5.68. The Hall–Kier alpha value is -2.35. The Morgan fingerprint density at radius 3 is 2.57 bits per heavy atom. The van der Waals surface area contributed by atoms with Gasteiger partial charge in [-0.3, -0.25) is 10.1 Å². The van der Waals surface area contributed by atoms with Crippen molar-refractivity contribution in [2.75, 3.05) is 6.54 Å². The fourth-order valence-electron chi connectivity index (χ4n) is 1.64. The lowest BCUT2D eigenvalue weighted by atomic mass is 10.1. The van der Waals surface area contributed by atoms with Crippen LogP contribution in [-0.4, -0.2) is 28.3 Å². The van der Waals surface area contributed by atoms with Gasteiger partial charge in [0.2, 0.25) is 0 Å². The maximum Gasteiger partial charge on any atom is 0.408 e. The Bertz CT molecular complexity index is 539. The summed E-state index contributed by atoms with van der Waals surface area (Å²) in [6.45, 7) is 5.22. The predicted octanol–water partition coefficient (Wildman–Crippen LogP) is 1.82. The van der Waals surface area contributed by atoms with Crippen molar-refractivity contribution in [2.45, 2.75) is 32.4 Å². The Morgan fingerprint density at radius 2 is 2.14 bits per heavy atom. The van der Waals surface area contributed by atoms with Gasteiger partial charge in [-0.25, -0.2) is 4.79 Å². The number of carbonyl (C=O) groups is 1. The fraction of sp³-hybridized carbons (Fsp3) is 0.462. The number of phenolic OH excluding ortho intramolecular Hbond substituents is 1. The van der Waals surface area contributed by atoms with E-state index in [1.807, 2.05) is 0 Å². The van der Waals surface area contributed by atoms with Crippen LogP contribution in [0, 0.1) is 10.1 Å². The largest absolute Gasteiger partial charge is 0.502 e. The molecule has 0 aliphatic carbocycles. The zero-order valence-electron chi connectivity index (χ0n) is 12.1. The zero-order valence-corrected chi connectivity index (χ0v) is 12.1. The highest BCUT2D eigenvalue weighted by atomic mass is 16.6. The quantitative estimate of drug-likeness (QED) is 0.574. The number of phenols is 1. The molecule has 1 rings (SSSR count). The van der Waals surface area contributed by atoms with Crippen molar-refractivity contribution in [3.8, 4) is 5.75 Å². The molecule has 0 saturated heterocycles. The second-order valence-corrected chi connectivity index (χ2v) is 5.44. The summed E-state index contributed by atoms with van der Waals surface area (Å²) in [7, 11) is 0. The third kappa shape index (κ3) is 4.92. The maximum absolute atomic E-state index is 11.7. The number of nitrogens with two attached hydrogens (primary N) is 1. The number of aromatic hydroxyl groups is 1. The molecule has 0 saturated carbocycles. The van der Waals surface area contributed by atoms with E-state index >= 15 is 0 Å². The molecule has 0 aromatic heterocycles. The number of rotatable bonds is 4. The number of nitrogens with zero attached hydrogens (tertiary/aromatic N) is 1. The molecule has 8 nitrogen and oxygen atoms in total. The van der Waals surface area contributed by atoms with Crippen LogP contribution in [0.25, 0.3) is 0 Å². The SMILES string of the molecule is CC(C)(C)OC(=O)NC(CN)c1ccc([N+](=O)[O-])c(O)c1. The summed E-state index contributed by atoms with van der Waals surface area (Å²) >= 11 is 0. The summed E-state index contributed by atoms with van der Waals surface area (Å²) in [4.78, 5) is 21.6. The van der Waals surface area contributed by atoms with E-state index in [0.29, 0.717) is 5.56 Å². The number of nitro benzene ring substituents is 1. The first-order valence-corrected chi connectivity index (χ1v) is 6.31. The van der Waals surface area contributed by atoms with Gasteiger partial charge in [0.05, 0.1) is 11.0 Å². The Kier molecular flexibility index (Phi) is 5.09. The van der Waals surface area contributed by atoms with Gasteiger partial charge in [-0.1, -0.05) is 0 Å². The molecule has 116 valence electrons. The molecule has 21 heavy (non-hydrogen) atoms. The van der Waals surface area contributed by atoms with Gasteiger partial charge in [0.15, 0.2) is 5.75 Å². The van der Waals surface area contributed by atoms with Crippen molar-refractivity contribution < 1.29 is 19.6 Å². The van der Waals surface area contributed by atoms with Crippen molar-refractivity contribution in [1.82, 2.24) is 5.32 Å². The third-order valence-electron chi connectivity index (χ3n) is 2.53. The smallest absolute Gasteiger partial charge is 0.408 e. The Balaban J connectivity index is 2.88. The van der Waals surface area contributed by atoms with Gasteiger partial charge in [-0.05, 0) is 38.5 Å². The van der Waals surface area contributed by atoms with Gasteiger partial charge in [0.25, 0.3) is 0 Å². The van der Waals surface area contributed by atoms with E-state index in [4.69, 9.17) is 10.5 Å². The number of carbonyl (C=O) groups excluding carboxylic acids is 1. The van der Waals surface area contributed by atoms with Crippen LogP contribution in [0.1, 0.15) is 32.4 Å². The van der Waals surface area contributed by atoms with Crippen LogP contribution < -0.4 is 11.1 Å². The lowest BCUT2D eigenvalue weighted by molar-refractivity contribution is -0.385. The van der Waals surface area contributed by atoms with E-state index in [0.717, 1.165) is 6.07 Å². The van der Waals surface area contributed by atoms with Crippen molar-refractivity contribution in [1.29, 1.82) is 0 Å². The molecule has 1 unspecified atom stereocenters. The number of hydrogen-bond acceptors (Lipinski definition) is 6. The predicted molar refractivity (Wildman–Crippen MR) is 75.9 cm³/mol. The molecule has 0 heterocycles. The number of hydrogen-bond donors (Lipinski definition) is 3. The molecule has 1 aromatic rings. The van der Waals surface area contributed by atoms with Crippen LogP contribution in [0.4, 0.5) is 10.5 Å². The average molecular weight is 297 g/mol. The third-order valence-corrected chi connectivity index (χ3v) is 2.53. The van der Waals surface area contributed by atoms with Crippen molar-refractivity contribution in [2.24, 2.45) is 5.73 Å². The lowest BCUT2D eigenvalue weighted by Crippen LogP contribution is -2.37. The van der Waals surface area contributed by atoms with Gasteiger partial charge in [0, 0.05) is 12.6 Å². The minimum Gasteiger partial charge on any atom is -0.502 e. The van der Waals surface area contributed by atoms with E-state index in [-0.39, 0.29) is 6.54 Å². The topological polar surface area (TPSA) is 128 Å². The van der Waals surface area contributed by atoms with Crippen molar-refractivity contribution >= 4 is 11.8 Å². The number of amides is 1. The van der Waals surface area contributed by atoms with E-state index in [2.05, 4.69) is 5.32 Å². The Morgan fingerprint density at radius 1 is 1.52 bits per heavy atom. The van der Waals surface area contributed by atoms with Crippen LogP contribution in [0.3, 0.4) is 0 Å². The summed E-state index contributed by atoms with van der Waals surface area (Å²) in [6, 6.07) is 3.16. The molecule has 4 N–H and O–H groups in total. The van der Waals surface area contributed by atoms with E-state index in [1.54, 1.807) is 20.8 Å². The van der Waals surface area contributed by atoms with Crippen molar-refractivity contribution in [3.63, 3.8) is 0 Å². The van der Waals surface area contributed by atoms with Crippen LogP contribution in [0.5, 0.6) is 5.75 Å². The van der Waals surface area contributed by atoms with Gasteiger partial charge < -0.3 is 20.9 Å². The first-order valence-electron chi connectivity index (χ1n) is 6.31. The molecular formula is C13H19N3O5. The van der Waals surface area contributed by atoms with E-state index in [1.165, 1.54) is 12.1 Å². The van der Waals surface area contributed by atoms with E-state index < -0.39 is 34.1 Å². The molecule has 0 aliphatic heterocycles. The van der Waals surface area contributed by atoms with Crippen LogP contribution in [0.15, 0.2) is 18.2 Å². The van der Waals surface area contributed by atoms with Crippen LogP contribution in [-0.2, 0) is 4.74 Å². The number of nitrogens with one attached hydrogen (secondary N) is 1. The average Bonchev–Trinajstić information content (AvgIpc) is 2.33. The number of nitro groups is 1. The molecule has 8 heteroatoms. The molecule has 1 amide bonds. The molecule has 0 radical (unpaired) electrons. The van der Waals surface area contributed by atoms with Crippen LogP contribution in [0.2, 0.25) is 0 Å². The summed E-state index contributed by atoms with van der Waals surface area (Å²) < 4.78 is 5.11. The maximum atomic E-state index is 11.7. The summed E-state index contributed by atoms with van der Waals surface area (Å²) in [5.74, 6) is -0.484. The Labute approximate surface area is 122 Å². The second-order valence-electron chi connectivity index (χ2n) is 5.44.